The molecule has 0 aliphatic heterocycles. The summed E-state index contributed by atoms with van der Waals surface area (Å²) in [4.78, 5) is 19.7. The lowest BCUT2D eigenvalue weighted by atomic mass is 9.94. The minimum atomic E-state index is 0.555. The Bertz CT molecular complexity index is 3130. The third kappa shape index (κ3) is 5.43. The minimum absolute atomic E-state index is 0.555. The maximum absolute atomic E-state index is 6.58. The summed E-state index contributed by atoms with van der Waals surface area (Å²) in [5.74, 6) is 1.72. The summed E-state index contributed by atoms with van der Waals surface area (Å²) < 4.78 is 13.2. The summed E-state index contributed by atoms with van der Waals surface area (Å²) >= 11 is 0. The van der Waals surface area contributed by atoms with E-state index in [9.17, 15) is 0 Å². The van der Waals surface area contributed by atoms with E-state index >= 15 is 0 Å². The highest BCUT2D eigenvalue weighted by molar-refractivity contribution is 6.11. The summed E-state index contributed by atoms with van der Waals surface area (Å²) in [6, 6.07) is 57.9. The Morgan fingerprint density at radius 1 is 0.304 bits per heavy atom. The van der Waals surface area contributed by atoms with Gasteiger partial charge in [0.15, 0.2) is 17.5 Å². The molecule has 0 bridgehead atoms. The van der Waals surface area contributed by atoms with Crippen LogP contribution in [0.5, 0.6) is 0 Å². The first-order valence-electron chi connectivity index (χ1n) is 18.5. The van der Waals surface area contributed by atoms with Crippen molar-refractivity contribution in [3.63, 3.8) is 0 Å². The SMILES string of the molecule is c1ccc(-c2nc(-c3cccc(-c4ccncc4)c3)nc(-c3cc(-c4cccc5c4oc4ccccc45)cc(-c4cccc5c4oc4ccccc45)c3)n2)cc1. The zero-order valence-corrected chi connectivity index (χ0v) is 29.9. The van der Waals surface area contributed by atoms with Crippen LogP contribution in [-0.2, 0) is 0 Å². The van der Waals surface area contributed by atoms with E-state index in [1.165, 1.54) is 0 Å². The Kier molecular flexibility index (Phi) is 7.38. The normalized spacial score (nSPS) is 11.6. The highest BCUT2D eigenvalue weighted by atomic mass is 16.3. The molecule has 0 aliphatic carbocycles. The quantitative estimate of drug-likeness (QED) is 0.170. The van der Waals surface area contributed by atoms with Crippen molar-refractivity contribution < 1.29 is 8.83 Å². The molecular formula is C50H30N4O2. The second kappa shape index (κ2) is 13.0. The molecule has 0 saturated carbocycles. The molecule has 0 fully saturated rings. The molecule has 7 aromatic carbocycles. The van der Waals surface area contributed by atoms with E-state index in [4.69, 9.17) is 23.8 Å². The lowest BCUT2D eigenvalue weighted by Gasteiger charge is -2.13. The van der Waals surface area contributed by atoms with Gasteiger partial charge >= 0.3 is 0 Å². The summed E-state index contributed by atoms with van der Waals surface area (Å²) in [6.45, 7) is 0. The van der Waals surface area contributed by atoms with Gasteiger partial charge in [-0.25, -0.2) is 15.0 Å². The van der Waals surface area contributed by atoms with Gasteiger partial charge in [0.1, 0.15) is 22.3 Å². The van der Waals surface area contributed by atoms with Gasteiger partial charge in [-0.15, -0.1) is 0 Å². The highest BCUT2D eigenvalue weighted by Gasteiger charge is 2.19. The molecule has 0 spiro atoms. The van der Waals surface area contributed by atoms with Crippen LogP contribution in [0.15, 0.2) is 191 Å². The summed E-state index contributed by atoms with van der Waals surface area (Å²) in [5, 5.41) is 4.28. The maximum Gasteiger partial charge on any atom is 0.164 e. The monoisotopic (exact) mass is 718 g/mol. The van der Waals surface area contributed by atoms with Gasteiger partial charge < -0.3 is 8.83 Å². The van der Waals surface area contributed by atoms with Gasteiger partial charge in [-0.2, -0.15) is 0 Å². The van der Waals surface area contributed by atoms with Crippen molar-refractivity contribution in [3.8, 4) is 67.5 Å². The van der Waals surface area contributed by atoms with Gasteiger partial charge in [-0.3, -0.25) is 4.98 Å². The molecule has 262 valence electrons. The fourth-order valence-corrected chi connectivity index (χ4v) is 7.75. The number of benzene rings is 7. The fourth-order valence-electron chi connectivity index (χ4n) is 7.75. The number of para-hydroxylation sites is 4. The minimum Gasteiger partial charge on any atom is -0.455 e. The lowest BCUT2D eigenvalue weighted by Crippen LogP contribution is -2.01. The molecule has 11 aromatic rings. The molecule has 56 heavy (non-hydrogen) atoms. The Hall–Kier alpha value is -7.70. The molecule has 4 aromatic heterocycles. The predicted octanol–water partition coefficient (Wildman–Crippen LogP) is 13.1. The molecular weight excluding hydrogens is 689 g/mol. The van der Waals surface area contributed by atoms with Gasteiger partial charge in [-0.1, -0.05) is 121 Å². The number of fused-ring (bicyclic) bond motifs is 6. The second-order valence-electron chi connectivity index (χ2n) is 13.8. The number of pyridine rings is 1. The number of hydrogen-bond donors (Lipinski definition) is 0. The van der Waals surface area contributed by atoms with Crippen LogP contribution >= 0.6 is 0 Å². The van der Waals surface area contributed by atoms with Crippen molar-refractivity contribution in [2.75, 3.05) is 0 Å². The van der Waals surface area contributed by atoms with Gasteiger partial charge in [0.2, 0.25) is 0 Å². The fraction of sp³-hybridized carbons (Fsp3) is 0. The molecule has 6 heteroatoms. The number of rotatable bonds is 6. The zero-order valence-electron chi connectivity index (χ0n) is 29.9. The highest BCUT2D eigenvalue weighted by Crippen LogP contribution is 2.42. The molecule has 11 rings (SSSR count). The zero-order chi connectivity index (χ0) is 37.0. The smallest absolute Gasteiger partial charge is 0.164 e. The van der Waals surface area contributed by atoms with Crippen molar-refractivity contribution in [1.82, 2.24) is 19.9 Å². The van der Waals surface area contributed by atoms with Crippen LogP contribution in [0.1, 0.15) is 0 Å². The van der Waals surface area contributed by atoms with Crippen LogP contribution in [-0.4, -0.2) is 19.9 Å². The number of furan rings is 2. The van der Waals surface area contributed by atoms with Crippen molar-refractivity contribution in [2.24, 2.45) is 0 Å². The summed E-state index contributed by atoms with van der Waals surface area (Å²) in [5.41, 5.74) is 12.0. The van der Waals surface area contributed by atoms with E-state index in [2.05, 4.69) is 83.8 Å². The first kappa shape index (κ1) is 31.8. The molecule has 6 nitrogen and oxygen atoms in total. The van der Waals surface area contributed by atoms with E-state index in [1.54, 1.807) is 12.4 Å². The van der Waals surface area contributed by atoms with Gasteiger partial charge in [0.25, 0.3) is 0 Å². The molecule has 0 atom stereocenters. The first-order chi connectivity index (χ1) is 27.7. The molecule has 0 saturated heterocycles. The van der Waals surface area contributed by atoms with E-state index in [-0.39, 0.29) is 0 Å². The van der Waals surface area contributed by atoms with Crippen molar-refractivity contribution in [3.05, 3.63) is 182 Å². The van der Waals surface area contributed by atoms with Crippen molar-refractivity contribution >= 4 is 43.9 Å². The number of nitrogens with zero attached hydrogens (tertiary/aromatic N) is 4. The molecule has 4 heterocycles. The van der Waals surface area contributed by atoms with E-state index in [1.807, 2.05) is 91.0 Å². The molecule has 0 amide bonds. The van der Waals surface area contributed by atoms with E-state index in [0.717, 1.165) is 93.9 Å². The van der Waals surface area contributed by atoms with Gasteiger partial charge in [0, 0.05) is 61.8 Å². The van der Waals surface area contributed by atoms with Gasteiger partial charge in [0.05, 0.1) is 0 Å². The van der Waals surface area contributed by atoms with Crippen LogP contribution in [0.4, 0.5) is 0 Å². The van der Waals surface area contributed by atoms with Crippen LogP contribution in [0.25, 0.3) is 111 Å². The third-order valence-corrected chi connectivity index (χ3v) is 10.4. The van der Waals surface area contributed by atoms with Crippen molar-refractivity contribution in [1.29, 1.82) is 0 Å². The average molecular weight is 719 g/mol. The van der Waals surface area contributed by atoms with Crippen LogP contribution in [0.3, 0.4) is 0 Å². The predicted molar refractivity (Wildman–Crippen MR) is 225 cm³/mol. The number of aromatic nitrogens is 4. The Morgan fingerprint density at radius 2 is 0.750 bits per heavy atom. The summed E-state index contributed by atoms with van der Waals surface area (Å²) in [7, 11) is 0. The Labute approximate surface area is 321 Å². The van der Waals surface area contributed by atoms with Crippen molar-refractivity contribution in [2.45, 2.75) is 0 Å². The Balaban J connectivity index is 1.17. The van der Waals surface area contributed by atoms with E-state index in [0.29, 0.717) is 17.5 Å². The third-order valence-electron chi connectivity index (χ3n) is 10.4. The second-order valence-corrected chi connectivity index (χ2v) is 13.8. The molecule has 0 N–H and O–H groups in total. The van der Waals surface area contributed by atoms with Crippen LogP contribution in [0, 0.1) is 0 Å². The molecule has 0 radical (unpaired) electrons. The number of hydrogen-bond acceptors (Lipinski definition) is 6. The van der Waals surface area contributed by atoms with Crippen LogP contribution in [0.2, 0.25) is 0 Å². The van der Waals surface area contributed by atoms with Crippen LogP contribution < -0.4 is 0 Å². The molecule has 0 aliphatic rings. The topological polar surface area (TPSA) is 77.8 Å². The van der Waals surface area contributed by atoms with E-state index < -0.39 is 0 Å². The average Bonchev–Trinajstić information content (AvgIpc) is 3.86. The standard InChI is InChI=1S/C50H30N4O2/c1-2-11-32(12-3-1)48-52-49(34-14-8-13-33(27-34)31-23-25-51-26-24-31)54-50(53-48)37-29-35(38-17-9-19-42-40-15-4-6-21-44(40)55-46(38)42)28-36(30-37)39-18-10-20-43-41-16-5-7-22-45(41)56-47(39)43/h1-30H. The Morgan fingerprint density at radius 3 is 1.38 bits per heavy atom. The molecule has 0 unspecified atom stereocenters. The largest absolute Gasteiger partial charge is 0.455 e. The lowest BCUT2D eigenvalue weighted by molar-refractivity contribution is 0.670. The first-order valence-corrected chi connectivity index (χ1v) is 18.5. The van der Waals surface area contributed by atoms with Gasteiger partial charge in [-0.05, 0) is 70.8 Å². The maximum atomic E-state index is 6.58. The summed E-state index contributed by atoms with van der Waals surface area (Å²) in [6.07, 6.45) is 3.61.